The summed E-state index contributed by atoms with van der Waals surface area (Å²) in [7, 11) is 0. The van der Waals surface area contributed by atoms with Gasteiger partial charge in [-0.25, -0.2) is 9.18 Å². The molecule has 1 atom stereocenters. The van der Waals surface area contributed by atoms with Crippen LogP contribution in [0.25, 0.3) is 0 Å². The van der Waals surface area contributed by atoms with Crippen LogP contribution in [0.1, 0.15) is 12.8 Å². The largest absolute Gasteiger partial charge is 0.336 e. The molecular weight excluding hydrogens is 221 g/mol. The highest BCUT2D eigenvalue weighted by atomic mass is 19.1. The van der Waals surface area contributed by atoms with E-state index in [0.29, 0.717) is 18.2 Å². The van der Waals surface area contributed by atoms with Crippen molar-refractivity contribution in [2.24, 2.45) is 11.7 Å². The Bertz CT molecular complexity index is 406. The van der Waals surface area contributed by atoms with Crippen LogP contribution in [0.15, 0.2) is 24.3 Å². The fraction of sp³-hybridized carbons (Fsp3) is 0.417. The highest BCUT2D eigenvalue weighted by molar-refractivity contribution is 5.89. The second kappa shape index (κ2) is 5.14. The van der Waals surface area contributed by atoms with Crippen LogP contribution in [0.4, 0.5) is 14.9 Å². The molecule has 2 rings (SSSR count). The standard InChI is InChI=1S/C12H16FN3O/c13-9-2-1-3-10(6-9)16-12(17)15-7-11(14)8-4-5-8/h1-3,6,8,11H,4-5,7,14H2,(H2,15,16,17). The van der Waals surface area contributed by atoms with E-state index in [4.69, 9.17) is 5.73 Å². The molecule has 92 valence electrons. The average Bonchev–Trinajstić information content (AvgIpc) is 3.09. The molecule has 1 unspecified atom stereocenters. The third kappa shape index (κ3) is 3.71. The van der Waals surface area contributed by atoms with E-state index in [-0.39, 0.29) is 17.9 Å². The third-order valence-corrected chi connectivity index (χ3v) is 2.81. The van der Waals surface area contributed by atoms with Crippen molar-refractivity contribution in [3.63, 3.8) is 0 Å². The number of nitrogens with one attached hydrogen (secondary N) is 2. The Labute approximate surface area is 99.4 Å². The summed E-state index contributed by atoms with van der Waals surface area (Å²) < 4.78 is 12.9. The molecule has 0 bridgehead atoms. The molecule has 0 radical (unpaired) electrons. The number of carbonyl (C=O) groups excluding carboxylic acids is 1. The zero-order valence-electron chi connectivity index (χ0n) is 9.45. The lowest BCUT2D eigenvalue weighted by Gasteiger charge is -2.12. The smallest absolute Gasteiger partial charge is 0.319 e. The van der Waals surface area contributed by atoms with E-state index < -0.39 is 0 Å². The number of anilines is 1. The van der Waals surface area contributed by atoms with Gasteiger partial charge in [-0.15, -0.1) is 0 Å². The quantitative estimate of drug-likeness (QED) is 0.746. The number of benzene rings is 1. The number of urea groups is 1. The topological polar surface area (TPSA) is 67.1 Å². The van der Waals surface area contributed by atoms with Crippen LogP contribution in [0, 0.1) is 11.7 Å². The molecule has 0 aromatic heterocycles. The Morgan fingerprint density at radius 2 is 2.29 bits per heavy atom. The Morgan fingerprint density at radius 1 is 1.53 bits per heavy atom. The van der Waals surface area contributed by atoms with Crippen molar-refractivity contribution in [3.8, 4) is 0 Å². The Kier molecular flexibility index (Phi) is 3.58. The van der Waals surface area contributed by atoms with Gasteiger partial charge in [0.05, 0.1) is 0 Å². The fourth-order valence-corrected chi connectivity index (χ4v) is 1.64. The summed E-state index contributed by atoms with van der Waals surface area (Å²) >= 11 is 0. The number of halogens is 1. The van der Waals surface area contributed by atoms with E-state index in [1.165, 1.54) is 12.1 Å². The van der Waals surface area contributed by atoms with E-state index in [2.05, 4.69) is 10.6 Å². The van der Waals surface area contributed by atoms with E-state index in [1.54, 1.807) is 12.1 Å². The van der Waals surface area contributed by atoms with Gasteiger partial charge in [0.1, 0.15) is 5.82 Å². The van der Waals surface area contributed by atoms with Crippen LogP contribution in [0.2, 0.25) is 0 Å². The third-order valence-electron chi connectivity index (χ3n) is 2.81. The summed E-state index contributed by atoms with van der Waals surface area (Å²) in [6.07, 6.45) is 2.29. The molecule has 4 nitrogen and oxygen atoms in total. The molecular formula is C12H16FN3O. The molecule has 1 fully saturated rings. The molecule has 1 saturated carbocycles. The summed E-state index contributed by atoms with van der Waals surface area (Å²) in [5, 5.41) is 5.23. The van der Waals surface area contributed by atoms with Crippen molar-refractivity contribution in [2.75, 3.05) is 11.9 Å². The van der Waals surface area contributed by atoms with Gasteiger partial charge in [0.25, 0.3) is 0 Å². The first kappa shape index (κ1) is 11.9. The van der Waals surface area contributed by atoms with Gasteiger partial charge in [-0.05, 0) is 37.0 Å². The van der Waals surface area contributed by atoms with E-state index in [9.17, 15) is 9.18 Å². The monoisotopic (exact) mass is 237 g/mol. The first-order valence-electron chi connectivity index (χ1n) is 5.71. The van der Waals surface area contributed by atoms with E-state index >= 15 is 0 Å². The minimum Gasteiger partial charge on any atom is -0.336 e. The van der Waals surface area contributed by atoms with Crippen LogP contribution >= 0.6 is 0 Å². The lowest BCUT2D eigenvalue weighted by molar-refractivity contribution is 0.251. The van der Waals surface area contributed by atoms with Gasteiger partial charge in [0.15, 0.2) is 0 Å². The summed E-state index contributed by atoms with van der Waals surface area (Å²) in [4.78, 5) is 11.5. The van der Waals surface area contributed by atoms with Crippen molar-refractivity contribution in [1.29, 1.82) is 0 Å². The van der Waals surface area contributed by atoms with Crippen LogP contribution in [-0.4, -0.2) is 18.6 Å². The molecule has 2 amide bonds. The first-order chi connectivity index (χ1) is 8.15. The fourth-order valence-electron chi connectivity index (χ4n) is 1.64. The van der Waals surface area contributed by atoms with Crippen molar-refractivity contribution in [2.45, 2.75) is 18.9 Å². The maximum atomic E-state index is 12.9. The van der Waals surface area contributed by atoms with Crippen LogP contribution in [0.5, 0.6) is 0 Å². The summed E-state index contributed by atoms with van der Waals surface area (Å²) in [6.45, 7) is 0.450. The van der Waals surface area contributed by atoms with Crippen molar-refractivity contribution < 1.29 is 9.18 Å². The summed E-state index contributed by atoms with van der Waals surface area (Å²) in [5.41, 5.74) is 6.28. The number of carbonyl (C=O) groups is 1. The van der Waals surface area contributed by atoms with Gasteiger partial charge >= 0.3 is 6.03 Å². The van der Waals surface area contributed by atoms with Crippen molar-refractivity contribution in [3.05, 3.63) is 30.1 Å². The van der Waals surface area contributed by atoms with Gasteiger partial charge < -0.3 is 16.4 Å². The second-order valence-corrected chi connectivity index (χ2v) is 4.35. The van der Waals surface area contributed by atoms with Gasteiger partial charge in [0, 0.05) is 18.3 Å². The van der Waals surface area contributed by atoms with Gasteiger partial charge in [-0.2, -0.15) is 0 Å². The molecule has 0 saturated heterocycles. The highest BCUT2D eigenvalue weighted by Gasteiger charge is 2.28. The Balaban J connectivity index is 1.76. The van der Waals surface area contributed by atoms with Gasteiger partial charge in [-0.1, -0.05) is 6.07 Å². The number of hydrogen-bond donors (Lipinski definition) is 3. The molecule has 0 aliphatic heterocycles. The van der Waals surface area contributed by atoms with Crippen molar-refractivity contribution >= 4 is 11.7 Å². The maximum Gasteiger partial charge on any atom is 0.319 e. The molecule has 4 N–H and O–H groups in total. The molecule has 0 spiro atoms. The Morgan fingerprint density at radius 3 is 2.94 bits per heavy atom. The van der Waals surface area contributed by atoms with Gasteiger partial charge in [0.2, 0.25) is 0 Å². The van der Waals surface area contributed by atoms with Crippen LogP contribution in [0.3, 0.4) is 0 Å². The SMILES string of the molecule is NC(CNC(=O)Nc1cccc(F)c1)C1CC1. The van der Waals surface area contributed by atoms with E-state index in [1.807, 2.05) is 0 Å². The molecule has 1 aliphatic carbocycles. The molecule has 17 heavy (non-hydrogen) atoms. The molecule has 0 heterocycles. The average molecular weight is 237 g/mol. The highest BCUT2D eigenvalue weighted by Crippen LogP contribution is 2.31. The van der Waals surface area contributed by atoms with E-state index in [0.717, 1.165) is 12.8 Å². The lowest BCUT2D eigenvalue weighted by Crippen LogP contribution is -2.40. The van der Waals surface area contributed by atoms with Crippen molar-refractivity contribution in [1.82, 2.24) is 5.32 Å². The van der Waals surface area contributed by atoms with Crippen LogP contribution < -0.4 is 16.4 Å². The maximum absolute atomic E-state index is 12.9. The number of amides is 2. The predicted octanol–water partition coefficient (Wildman–Crippen LogP) is 1.68. The summed E-state index contributed by atoms with van der Waals surface area (Å²) in [5.74, 6) is 0.168. The number of hydrogen-bond acceptors (Lipinski definition) is 2. The number of rotatable bonds is 4. The predicted molar refractivity (Wildman–Crippen MR) is 64.1 cm³/mol. The normalized spacial score (nSPS) is 16.4. The van der Waals surface area contributed by atoms with Gasteiger partial charge in [-0.3, -0.25) is 0 Å². The van der Waals surface area contributed by atoms with Crippen LogP contribution in [-0.2, 0) is 0 Å². The zero-order chi connectivity index (χ0) is 12.3. The number of nitrogens with two attached hydrogens (primary N) is 1. The first-order valence-corrected chi connectivity index (χ1v) is 5.71. The molecule has 1 aromatic carbocycles. The second-order valence-electron chi connectivity index (χ2n) is 4.35. The molecule has 5 heteroatoms. The summed E-state index contributed by atoms with van der Waals surface area (Å²) in [6, 6.07) is 5.43. The Hall–Kier alpha value is -1.62. The minimum absolute atomic E-state index is 0.0215. The lowest BCUT2D eigenvalue weighted by atomic mass is 10.2. The minimum atomic E-state index is -0.377. The molecule has 1 aromatic rings. The molecule has 1 aliphatic rings. The zero-order valence-corrected chi connectivity index (χ0v) is 9.45.